The molecule has 0 saturated carbocycles. The minimum Gasteiger partial charge on any atom is -0.325 e. The summed E-state index contributed by atoms with van der Waals surface area (Å²) < 4.78 is 2.13. The van der Waals surface area contributed by atoms with Crippen LogP contribution in [0.3, 0.4) is 0 Å². The number of imidazole rings is 1. The van der Waals surface area contributed by atoms with Crippen LogP contribution >= 0.6 is 0 Å². The summed E-state index contributed by atoms with van der Waals surface area (Å²) in [5, 5.41) is 0. The molecule has 2 heterocycles. The molecule has 2 rings (SSSR count). The van der Waals surface area contributed by atoms with Crippen LogP contribution in [0.4, 0.5) is 0 Å². The molecule has 16 heavy (non-hydrogen) atoms. The quantitative estimate of drug-likeness (QED) is 0.853. The van der Waals surface area contributed by atoms with Gasteiger partial charge in [0.25, 0.3) is 0 Å². The Hall–Kier alpha value is -1.42. The lowest BCUT2D eigenvalue weighted by Gasteiger charge is -2.18. The highest BCUT2D eigenvalue weighted by Gasteiger charge is 2.17. The average molecular weight is 218 g/mol. The maximum atomic E-state index is 6.04. The lowest BCUT2D eigenvalue weighted by molar-refractivity contribution is 0.490. The Labute approximate surface area is 95.5 Å². The van der Waals surface area contributed by atoms with Crippen molar-refractivity contribution < 1.29 is 0 Å². The molecule has 0 amide bonds. The van der Waals surface area contributed by atoms with E-state index >= 15 is 0 Å². The van der Waals surface area contributed by atoms with E-state index in [1.807, 2.05) is 26.0 Å². The second-order valence-electron chi connectivity index (χ2n) is 4.78. The summed E-state index contributed by atoms with van der Waals surface area (Å²) >= 11 is 0. The average Bonchev–Trinajstić information content (AvgIpc) is 2.51. The van der Waals surface area contributed by atoms with E-state index < -0.39 is 0 Å². The summed E-state index contributed by atoms with van der Waals surface area (Å²) in [5.74, 6) is 1.02. The summed E-state index contributed by atoms with van der Waals surface area (Å²) in [4.78, 5) is 8.95. The molecular weight excluding hydrogens is 200 g/mol. The fraction of sp³-hybridized carbons (Fsp3) is 0.500. The smallest absolute Gasteiger partial charge is 0.159 e. The molecule has 0 unspecified atom stereocenters. The number of rotatable bonds is 3. The van der Waals surface area contributed by atoms with Gasteiger partial charge in [-0.25, -0.2) is 9.97 Å². The molecule has 0 bridgehead atoms. The van der Waals surface area contributed by atoms with Crippen LogP contribution < -0.4 is 5.73 Å². The molecule has 0 aliphatic heterocycles. The maximum Gasteiger partial charge on any atom is 0.159 e. The zero-order chi connectivity index (χ0) is 11.8. The van der Waals surface area contributed by atoms with E-state index in [9.17, 15) is 0 Å². The van der Waals surface area contributed by atoms with Crippen molar-refractivity contribution in [3.8, 4) is 0 Å². The van der Waals surface area contributed by atoms with Crippen LogP contribution in [0.15, 0.2) is 18.3 Å². The monoisotopic (exact) mass is 218 g/mol. The SMILES string of the molecule is CCn1c(CC(C)(C)N)nc2cccnc21. The van der Waals surface area contributed by atoms with Crippen molar-refractivity contribution in [2.24, 2.45) is 5.73 Å². The molecule has 4 nitrogen and oxygen atoms in total. The van der Waals surface area contributed by atoms with Gasteiger partial charge in [-0.15, -0.1) is 0 Å². The molecule has 0 atom stereocenters. The molecule has 0 radical (unpaired) electrons. The molecule has 2 N–H and O–H groups in total. The van der Waals surface area contributed by atoms with Crippen LogP contribution in [0, 0.1) is 0 Å². The molecule has 0 aliphatic rings. The highest BCUT2D eigenvalue weighted by molar-refractivity contribution is 5.71. The van der Waals surface area contributed by atoms with E-state index in [4.69, 9.17) is 5.73 Å². The van der Waals surface area contributed by atoms with Crippen LogP contribution in [0.25, 0.3) is 11.2 Å². The topological polar surface area (TPSA) is 56.7 Å². The van der Waals surface area contributed by atoms with Crippen molar-refractivity contribution in [2.75, 3.05) is 0 Å². The van der Waals surface area contributed by atoms with Gasteiger partial charge in [-0.2, -0.15) is 0 Å². The van der Waals surface area contributed by atoms with Gasteiger partial charge in [0.2, 0.25) is 0 Å². The number of nitrogens with zero attached hydrogens (tertiary/aromatic N) is 3. The molecule has 2 aromatic rings. The van der Waals surface area contributed by atoms with Crippen molar-refractivity contribution in [1.82, 2.24) is 14.5 Å². The molecular formula is C12H18N4. The number of aryl methyl sites for hydroxylation is 1. The Morgan fingerprint density at radius 1 is 1.44 bits per heavy atom. The zero-order valence-electron chi connectivity index (χ0n) is 10.1. The molecule has 0 aliphatic carbocycles. The van der Waals surface area contributed by atoms with Crippen molar-refractivity contribution in [2.45, 2.75) is 39.3 Å². The second kappa shape index (κ2) is 3.87. The molecule has 0 aromatic carbocycles. The standard InChI is InChI=1S/C12H18N4/c1-4-16-10(8-12(2,3)13)15-9-6-5-7-14-11(9)16/h5-7H,4,8,13H2,1-3H3. The van der Waals surface area contributed by atoms with E-state index in [0.717, 1.165) is 30.0 Å². The number of nitrogens with two attached hydrogens (primary N) is 1. The van der Waals surface area contributed by atoms with Gasteiger partial charge in [0.15, 0.2) is 5.65 Å². The summed E-state index contributed by atoms with van der Waals surface area (Å²) in [6.07, 6.45) is 2.56. The van der Waals surface area contributed by atoms with Crippen LogP contribution in [0.1, 0.15) is 26.6 Å². The van der Waals surface area contributed by atoms with E-state index in [2.05, 4.69) is 21.5 Å². The van der Waals surface area contributed by atoms with Gasteiger partial charge in [0, 0.05) is 24.7 Å². The first-order valence-electron chi connectivity index (χ1n) is 5.60. The Morgan fingerprint density at radius 2 is 2.19 bits per heavy atom. The first kappa shape index (κ1) is 11.1. The highest BCUT2D eigenvalue weighted by atomic mass is 15.1. The predicted molar refractivity (Wildman–Crippen MR) is 65.2 cm³/mol. The summed E-state index contributed by atoms with van der Waals surface area (Å²) in [6.45, 7) is 7.00. The minimum absolute atomic E-state index is 0.242. The van der Waals surface area contributed by atoms with Crippen LogP contribution in [-0.2, 0) is 13.0 Å². The number of hydrogen-bond acceptors (Lipinski definition) is 3. The van der Waals surface area contributed by atoms with Gasteiger partial charge >= 0.3 is 0 Å². The Kier molecular flexibility index (Phi) is 2.68. The van der Waals surface area contributed by atoms with Crippen molar-refractivity contribution in [1.29, 1.82) is 0 Å². The zero-order valence-corrected chi connectivity index (χ0v) is 10.1. The summed E-state index contributed by atoms with van der Waals surface area (Å²) in [6, 6.07) is 3.90. The van der Waals surface area contributed by atoms with E-state index in [1.165, 1.54) is 0 Å². The van der Waals surface area contributed by atoms with Crippen molar-refractivity contribution >= 4 is 11.2 Å². The molecule has 86 valence electrons. The molecule has 2 aromatic heterocycles. The second-order valence-corrected chi connectivity index (χ2v) is 4.78. The minimum atomic E-state index is -0.242. The first-order valence-corrected chi connectivity index (χ1v) is 5.60. The molecule has 4 heteroatoms. The van der Waals surface area contributed by atoms with E-state index in [-0.39, 0.29) is 5.54 Å². The largest absolute Gasteiger partial charge is 0.325 e. The third-order valence-corrected chi connectivity index (χ3v) is 2.51. The summed E-state index contributed by atoms with van der Waals surface area (Å²) in [7, 11) is 0. The van der Waals surface area contributed by atoms with E-state index in [1.54, 1.807) is 6.20 Å². The maximum absolute atomic E-state index is 6.04. The number of aromatic nitrogens is 3. The first-order chi connectivity index (χ1) is 7.51. The van der Waals surface area contributed by atoms with E-state index in [0.29, 0.717) is 0 Å². The number of hydrogen-bond donors (Lipinski definition) is 1. The fourth-order valence-electron chi connectivity index (χ4n) is 1.88. The third-order valence-electron chi connectivity index (χ3n) is 2.51. The van der Waals surface area contributed by atoms with Gasteiger partial charge < -0.3 is 10.3 Å². The molecule has 0 saturated heterocycles. The normalized spacial score (nSPS) is 12.2. The van der Waals surface area contributed by atoms with Gasteiger partial charge in [-0.1, -0.05) is 0 Å². The van der Waals surface area contributed by atoms with Gasteiger partial charge in [0.05, 0.1) is 0 Å². The Morgan fingerprint density at radius 3 is 2.81 bits per heavy atom. The fourth-order valence-corrected chi connectivity index (χ4v) is 1.88. The Balaban J connectivity index is 2.52. The van der Waals surface area contributed by atoms with Gasteiger partial charge in [-0.3, -0.25) is 0 Å². The van der Waals surface area contributed by atoms with Crippen LogP contribution in [-0.4, -0.2) is 20.1 Å². The molecule has 0 spiro atoms. The van der Waals surface area contributed by atoms with Crippen molar-refractivity contribution in [3.63, 3.8) is 0 Å². The van der Waals surface area contributed by atoms with Crippen LogP contribution in [0.2, 0.25) is 0 Å². The Bertz CT molecular complexity index is 493. The predicted octanol–water partition coefficient (Wildman–Crippen LogP) is 1.73. The lowest BCUT2D eigenvalue weighted by atomic mass is 10.0. The molecule has 0 fully saturated rings. The lowest BCUT2D eigenvalue weighted by Crippen LogP contribution is -2.35. The highest BCUT2D eigenvalue weighted by Crippen LogP contribution is 2.16. The number of fused-ring (bicyclic) bond motifs is 1. The third kappa shape index (κ3) is 2.07. The van der Waals surface area contributed by atoms with Crippen LogP contribution in [0.5, 0.6) is 0 Å². The number of pyridine rings is 1. The van der Waals surface area contributed by atoms with Gasteiger partial charge in [-0.05, 0) is 32.9 Å². The van der Waals surface area contributed by atoms with Crippen molar-refractivity contribution in [3.05, 3.63) is 24.2 Å². The summed E-state index contributed by atoms with van der Waals surface area (Å²) in [5.41, 5.74) is 7.69. The van der Waals surface area contributed by atoms with Gasteiger partial charge in [0.1, 0.15) is 11.3 Å².